The van der Waals surface area contributed by atoms with Crippen LogP contribution in [0.25, 0.3) is 16.7 Å². The summed E-state index contributed by atoms with van der Waals surface area (Å²) in [7, 11) is 1.95. The number of hydrogen-bond acceptors (Lipinski definition) is 4. The molecule has 2 aromatic carbocycles. The van der Waals surface area contributed by atoms with E-state index in [0.717, 1.165) is 47.0 Å². The first-order valence-electron chi connectivity index (χ1n) is 11.5. The average Bonchev–Trinajstić information content (AvgIpc) is 3.43. The Hall–Kier alpha value is -3.54. The van der Waals surface area contributed by atoms with Gasteiger partial charge in [-0.1, -0.05) is 31.5 Å². The average molecular weight is 445 g/mol. The van der Waals surface area contributed by atoms with Gasteiger partial charge in [-0.3, -0.25) is 9.59 Å². The smallest absolute Gasteiger partial charge is 0.295 e. The van der Waals surface area contributed by atoms with Crippen molar-refractivity contribution in [1.29, 1.82) is 0 Å². The number of aliphatic hydroxyl groups excluding tert-OH is 1. The molecule has 0 saturated carbocycles. The number of nitrogens with zero attached hydrogens (tertiary/aromatic N) is 2. The number of likely N-dealkylation sites (tertiary alicyclic amines) is 1. The molecule has 2 aliphatic heterocycles. The van der Waals surface area contributed by atoms with Crippen LogP contribution in [0.4, 0.5) is 0 Å². The largest absolute Gasteiger partial charge is 0.507 e. The zero-order valence-corrected chi connectivity index (χ0v) is 19.2. The number of hydrogen-bond donors (Lipinski definition) is 1. The van der Waals surface area contributed by atoms with Gasteiger partial charge in [0.25, 0.3) is 11.7 Å². The number of fused-ring (bicyclic) bond motifs is 2. The van der Waals surface area contributed by atoms with Crippen LogP contribution in [0.2, 0.25) is 0 Å². The summed E-state index contributed by atoms with van der Waals surface area (Å²) in [4.78, 5) is 28.0. The number of ether oxygens (including phenoxy) is 1. The SMILES string of the molecule is CCCCN1C(=O)C(=O)/C(=C(/O)c2ccc3c(c2)CC(C)O3)C1c1cn(C)c2ccccc12. The lowest BCUT2D eigenvalue weighted by Crippen LogP contribution is -2.30. The highest BCUT2D eigenvalue weighted by molar-refractivity contribution is 6.46. The molecule has 1 saturated heterocycles. The van der Waals surface area contributed by atoms with Crippen LogP contribution in [0.5, 0.6) is 5.75 Å². The second-order valence-corrected chi connectivity index (χ2v) is 9.01. The van der Waals surface area contributed by atoms with Crippen LogP contribution in [0.15, 0.2) is 54.2 Å². The lowest BCUT2D eigenvalue weighted by atomic mass is 9.94. The van der Waals surface area contributed by atoms with Crippen LogP contribution >= 0.6 is 0 Å². The second-order valence-electron chi connectivity index (χ2n) is 9.01. The molecule has 170 valence electrons. The van der Waals surface area contributed by atoms with Crippen LogP contribution in [0.3, 0.4) is 0 Å². The fraction of sp³-hybridized carbons (Fsp3) is 0.333. The van der Waals surface area contributed by atoms with Crippen LogP contribution in [-0.4, -0.2) is 38.9 Å². The van der Waals surface area contributed by atoms with Crippen LogP contribution in [0, 0.1) is 0 Å². The molecule has 0 bridgehead atoms. The highest BCUT2D eigenvalue weighted by Gasteiger charge is 2.46. The minimum absolute atomic E-state index is 0.0766. The number of ketones is 1. The Morgan fingerprint density at radius 1 is 1.18 bits per heavy atom. The Bertz CT molecular complexity index is 1300. The maximum absolute atomic E-state index is 13.3. The van der Waals surface area contributed by atoms with E-state index in [0.29, 0.717) is 12.1 Å². The first-order chi connectivity index (χ1) is 15.9. The van der Waals surface area contributed by atoms with E-state index in [4.69, 9.17) is 4.74 Å². The molecule has 1 amide bonds. The summed E-state index contributed by atoms with van der Waals surface area (Å²) >= 11 is 0. The van der Waals surface area contributed by atoms with Gasteiger partial charge < -0.3 is 19.3 Å². The fourth-order valence-electron chi connectivity index (χ4n) is 5.08. The van der Waals surface area contributed by atoms with E-state index in [1.807, 2.05) is 61.1 Å². The predicted octanol–water partition coefficient (Wildman–Crippen LogP) is 4.72. The molecule has 6 nitrogen and oxygen atoms in total. The van der Waals surface area contributed by atoms with E-state index in [2.05, 4.69) is 6.92 Å². The van der Waals surface area contributed by atoms with Crippen molar-refractivity contribution in [2.75, 3.05) is 6.54 Å². The maximum atomic E-state index is 13.3. The number of aliphatic hydroxyl groups is 1. The van der Waals surface area contributed by atoms with Crippen molar-refractivity contribution in [1.82, 2.24) is 9.47 Å². The van der Waals surface area contributed by atoms with Gasteiger partial charge in [-0.05, 0) is 43.2 Å². The molecule has 0 aliphatic carbocycles. The molecule has 0 radical (unpaired) electrons. The third kappa shape index (κ3) is 3.41. The molecule has 2 unspecified atom stereocenters. The number of para-hydroxylation sites is 1. The quantitative estimate of drug-likeness (QED) is 0.351. The molecular weight excluding hydrogens is 416 g/mol. The number of unbranched alkanes of at least 4 members (excludes halogenated alkanes) is 1. The van der Waals surface area contributed by atoms with Gasteiger partial charge in [0.2, 0.25) is 0 Å². The number of benzene rings is 2. The number of rotatable bonds is 5. The summed E-state index contributed by atoms with van der Waals surface area (Å²) in [5.74, 6) is -0.520. The summed E-state index contributed by atoms with van der Waals surface area (Å²) in [5.41, 5.74) is 3.54. The van der Waals surface area contributed by atoms with E-state index in [9.17, 15) is 14.7 Å². The molecule has 1 aromatic heterocycles. The van der Waals surface area contributed by atoms with Crippen LogP contribution < -0.4 is 4.74 Å². The number of aryl methyl sites for hydroxylation is 1. The number of carbonyl (C=O) groups is 2. The van der Waals surface area contributed by atoms with Gasteiger partial charge in [0.15, 0.2) is 0 Å². The Morgan fingerprint density at radius 3 is 2.76 bits per heavy atom. The number of amides is 1. The highest BCUT2D eigenvalue weighted by Crippen LogP contribution is 2.43. The minimum atomic E-state index is -0.633. The van der Waals surface area contributed by atoms with Gasteiger partial charge in [-0.2, -0.15) is 0 Å². The van der Waals surface area contributed by atoms with Crippen molar-refractivity contribution in [3.63, 3.8) is 0 Å². The van der Waals surface area contributed by atoms with E-state index in [1.54, 1.807) is 11.0 Å². The maximum Gasteiger partial charge on any atom is 0.295 e. The molecule has 0 spiro atoms. The van der Waals surface area contributed by atoms with E-state index >= 15 is 0 Å². The summed E-state index contributed by atoms with van der Waals surface area (Å²) in [6.45, 7) is 4.51. The fourth-order valence-corrected chi connectivity index (χ4v) is 5.08. The van der Waals surface area contributed by atoms with Crippen molar-refractivity contribution in [2.45, 2.75) is 45.3 Å². The minimum Gasteiger partial charge on any atom is -0.507 e. The Kier molecular flexibility index (Phi) is 5.23. The Balaban J connectivity index is 1.69. The number of Topliss-reactive ketones (excluding diaryl/α,β-unsaturated/α-hetero) is 1. The topological polar surface area (TPSA) is 71.8 Å². The zero-order chi connectivity index (χ0) is 23.3. The molecule has 1 fully saturated rings. The molecule has 33 heavy (non-hydrogen) atoms. The van der Waals surface area contributed by atoms with Gasteiger partial charge in [-0.25, -0.2) is 0 Å². The zero-order valence-electron chi connectivity index (χ0n) is 19.2. The Morgan fingerprint density at radius 2 is 1.97 bits per heavy atom. The number of carbonyl (C=O) groups excluding carboxylic acids is 2. The standard InChI is InChI=1S/C27H28N2O4/c1-4-5-12-29-24(20-15-28(3)21-9-7-6-8-19(20)21)23(26(31)27(29)32)25(30)17-10-11-22-18(14-17)13-16(2)33-22/h6-11,14-16,24,30H,4-5,12-13H2,1-3H3/b25-23+. The molecule has 5 rings (SSSR count). The van der Waals surface area contributed by atoms with E-state index in [-0.39, 0.29) is 17.4 Å². The van der Waals surface area contributed by atoms with Crippen molar-refractivity contribution in [3.05, 3.63) is 70.9 Å². The molecule has 3 heterocycles. The van der Waals surface area contributed by atoms with Crippen LogP contribution in [0.1, 0.15) is 49.4 Å². The molecule has 3 aromatic rings. The highest BCUT2D eigenvalue weighted by atomic mass is 16.5. The van der Waals surface area contributed by atoms with E-state index < -0.39 is 17.7 Å². The molecule has 2 atom stereocenters. The molecule has 6 heteroatoms. The van der Waals surface area contributed by atoms with Gasteiger partial charge in [0.1, 0.15) is 17.6 Å². The van der Waals surface area contributed by atoms with Crippen molar-refractivity contribution < 1.29 is 19.4 Å². The van der Waals surface area contributed by atoms with Crippen molar-refractivity contribution in [3.8, 4) is 5.75 Å². The lowest BCUT2D eigenvalue weighted by Gasteiger charge is -2.24. The monoisotopic (exact) mass is 444 g/mol. The summed E-state index contributed by atoms with van der Waals surface area (Å²) in [6.07, 6.45) is 4.46. The summed E-state index contributed by atoms with van der Waals surface area (Å²) < 4.78 is 7.78. The third-order valence-corrected chi connectivity index (χ3v) is 6.68. The van der Waals surface area contributed by atoms with E-state index in [1.165, 1.54) is 0 Å². The third-order valence-electron chi connectivity index (χ3n) is 6.68. The van der Waals surface area contributed by atoms with Gasteiger partial charge >= 0.3 is 0 Å². The van der Waals surface area contributed by atoms with Gasteiger partial charge in [0, 0.05) is 48.2 Å². The molecule has 2 aliphatic rings. The number of aromatic nitrogens is 1. The molecular formula is C27H28N2O4. The predicted molar refractivity (Wildman–Crippen MR) is 127 cm³/mol. The van der Waals surface area contributed by atoms with Gasteiger partial charge in [0.05, 0.1) is 11.6 Å². The normalized spacial score (nSPS) is 21.6. The van der Waals surface area contributed by atoms with Crippen molar-refractivity contribution in [2.24, 2.45) is 7.05 Å². The van der Waals surface area contributed by atoms with Gasteiger partial charge in [-0.15, -0.1) is 0 Å². The van der Waals surface area contributed by atoms with Crippen molar-refractivity contribution >= 4 is 28.4 Å². The summed E-state index contributed by atoms with van der Waals surface area (Å²) in [5, 5.41) is 12.4. The lowest BCUT2D eigenvalue weighted by molar-refractivity contribution is -0.139. The van der Waals surface area contributed by atoms with Crippen LogP contribution in [-0.2, 0) is 23.1 Å². The molecule has 1 N–H and O–H groups in total. The Labute approximate surface area is 193 Å². The first-order valence-corrected chi connectivity index (χ1v) is 11.5. The second kappa shape index (κ2) is 8.10. The summed E-state index contributed by atoms with van der Waals surface area (Å²) in [6, 6.07) is 12.7. The first kappa shape index (κ1) is 21.3.